The van der Waals surface area contributed by atoms with Gasteiger partial charge < -0.3 is 14.1 Å². The second kappa shape index (κ2) is 6.89. The molecule has 5 rings (SSSR count). The SMILES string of the molecule is Cc1ccc(-c2ccc3c(c2)C2(CCOCC2)CN3C(=O)c2ccc(C)o2)cc1. The first-order valence-corrected chi connectivity index (χ1v) is 10.2. The standard InChI is InChI=1S/C25H25NO3/c1-17-3-6-19(7-4-17)20-8-9-22-21(15-20)25(11-13-28-14-12-25)16-26(22)24(27)23-10-5-18(2)29-23/h3-10,15H,11-14,16H2,1-2H3. The van der Waals surface area contributed by atoms with Gasteiger partial charge in [-0.05, 0) is 67.6 Å². The average Bonchev–Trinajstić information content (AvgIpc) is 3.31. The molecule has 0 saturated carbocycles. The van der Waals surface area contributed by atoms with E-state index >= 15 is 0 Å². The lowest BCUT2D eigenvalue weighted by atomic mass is 9.75. The molecule has 1 spiro atoms. The number of fused-ring (bicyclic) bond motifs is 2. The number of furan rings is 1. The zero-order valence-corrected chi connectivity index (χ0v) is 16.9. The number of anilines is 1. The highest BCUT2D eigenvalue weighted by Gasteiger charge is 2.46. The summed E-state index contributed by atoms with van der Waals surface area (Å²) < 4.78 is 11.3. The number of carbonyl (C=O) groups excluding carboxylic acids is 1. The van der Waals surface area contributed by atoms with Crippen LogP contribution in [-0.2, 0) is 10.2 Å². The molecule has 2 aromatic carbocycles. The molecule has 4 nitrogen and oxygen atoms in total. The number of hydrogen-bond acceptors (Lipinski definition) is 3. The molecule has 1 aromatic heterocycles. The predicted molar refractivity (Wildman–Crippen MR) is 113 cm³/mol. The smallest absolute Gasteiger partial charge is 0.294 e. The number of rotatable bonds is 2. The van der Waals surface area contributed by atoms with Crippen LogP contribution in [0.25, 0.3) is 11.1 Å². The van der Waals surface area contributed by atoms with Crippen LogP contribution in [0.1, 0.15) is 40.3 Å². The minimum absolute atomic E-state index is 0.0500. The highest BCUT2D eigenvalue weighted by molar-refractivity contribution is 6.06. The van der Waals surface area contributed by atoms with Crippen LogP contribution in [0.5, 0.6) is 0 Å². The summed E-state index contributed by atoms with van der Waals surface area (Å²) in [5.41, 5.74) is 5.86. The van der Waals surface area contributed by atoms with Gasteiger partial charge in [0.25, 0.3) is 5.91 Å². The Kier molecular flexibility index (Phi) is 4.32. The van der Waals surface area contributed by atoms with Gasteiger partial charge in [-0.15, -0.1) is 0 Å². The Balaban J connectivity index is 1.59. The summed E-state index contributed by atoms with van der Waals surface area (Å²) >= 11 is 0. The van der Waals surface area contributed by atoms with Gasteiger partial charge in [0.1, 0.15) is 5.76 Å². The molecule has 2 aliphatic rings. The number of hydrogen-bond donors (Lipinski definition) is 0. The minimum Gasteiger partial charge on any atom is -0.456 e. The number of carbonyl (C=O) groups is 1. The lowest BCUT2D eigenvalue weighted by molar-refractivity contribution is 0.0546. The number of aryl methyl sites for hydroxylation is 2. The van der Waals surface area contributed by atoms with Gasteiger partial charge in [-0.1, -0.05) is 35.9 Å². The topological polar surface area (TPSA) is 42.7 Å². The van der Waals surface area contributed by atoms with E-state index < -0.39 is 0 Å². The van der Waals surface area contributed by atoms with Crippen LogP contribution in [0, 0.1) is 13.8 Å². The Labute approximate surface area is 171 Å². The van der Waals surface area contributed by atoms with Crippen LogP contribution in [0.4, 0.5) is 5.69 Å². The fourth-order valence-electron chi connectivity index (χ4n) is 4.65. The van der Waals surface area contributed by atoms with Gasteiger partial charge in [-0.3, -0.25) is 4.79 Å². The largest absolute Gasteiger partial charge is 0.456 e. The van der Waals surface area contributed by atoms with Crippen LogP contribution in [0.2, 0.25) is 0 Å². The molecular weight excluding hydrogens is 362 g/mol. The molecule has 0 aliphatic carbocycles. The minimum atomic E-state index is -0.0641. The van der Waals surface area contributed by atoms with Crippen molar-refractivity contribution in [1.82, 2.24) is 0 Å². The molecule has 1 saturated heterocycles. The number of ether oxygens (including phenoxy) is 1. The van der Waals surface area contributed by atoms with E-state index in [9.17, 15) is 4.79 Å². The number of amides is 1. The maximum atomic E-state index is 13.2. The summed E-state index contributed by atoms with van der Waals surface area (Å²) in [6.07, 6.45) is 1.86. The second-order valence-corrected chi connectivity index (χ2v) is 8.29. The molecule has 1 fully saturated rings. The van der Waals surface area contributed by atoms with Crippen molar-refractivity contribution in [3.63, 3.8) is 0 Å². The first-order valence-electron chi connectivity index (χ1n) is 10.2. The van der Waals surface area contributed by atoms with Gasteiger partial charge in [0.2, 0.25) is 0 Å². The van der Waals surface area contributed by atoms with Crippen LogP contribution in [0.3, 0.4) is 0 Å². The van der Waals surface area contributed by atoms with Crippen LogP contribution >= 0.6 is 0 Å². The molecule has 2 aliphatic heterocycles. The van der Waals surface area contributed by atoms with Crippen molar-refractivity contribution in [1.29, 1.82) is 0 Å². The summed E-state index contributed by atoms with van der Waals surface area (Å²) in [6.45, 7) is 6.11. The van der Waals surface area contributed by atoms with Gasteiger partial charge >= 0.3 is 0 Å². The van der Waals surface area contributed by atoms with E-state index in [2.05, 4.69) is 49.4 Å². The molecule has 0 radical (unpaired) electrons. The van der Waals surface area contributed by atoms with Gasteiger partial charge in [0.15, 0.2) is 5.76 Å². The lowest BCUT2D eigenvalue weighted by Gasteiger charge is -2.34. The Morgan fingerprint density at radius 1 is 0.931 bits per heavy atom. The molecule has 29 heavy (non-hydrogen) atoms. The van der Waals surface area contributed by atoms with Crippen LogP contribution in [-0.4, -0.2) is 25.7 Å². The quantitative estimate of drug-likeness (QED) is 0.601. The maximum absolute atomic E-state index is 13.2. The third kappa shape index (κ3) is 3.08. The van der Waals surface area contributed by atoms with Crippen LogP contribution in [0.15, 0.2) is 59.0 Å². The van der Waals surface area contributed by atoms with Gasteiger partial charge in [-0.25, -0.2) is 0 Å². The monoisotopic (exact) mass is 387 g/mol. The molecule has 3 heterocycles. The predicted octanol–water partition coefficient (Wildman–Crippen LogP) is 5.27. The van der Waals surface area contributed by atoms with Gasteiger partial charge in [-0.2, -0.15) is 0 Å². The molecule has 0 unspecified atom stereocenters. The summed E-state index contributed by atoms with van der Waals surface area (Å²) in [5.74, 6) is 1.09. The molecule has 148 valence electrons. The van der Waals surface area contributed by atoms with E-state index in [4.69, 9.17) is 9.15 Å². The second-order valence-electron chi connectivity index (χ2n) is 8.29. The fourth-order valence-corrected chi connectivity index (χ4v) is 4.65. The number of nitrogens with zero attached hydrogens (tertiary/aromatic N) is 1. The van der Waals surface area contributed by atoms with Crippen molar-refractivity contribution in [2.24, 2.45) is 0 Å². The third-order valence-electron chi connectivity index (χ3n) is 6.35. The fraction of sp³-hybridized carbons (Fsp3) is 0.320. The van der Waals surface area contributed by atoms with Crippen molar-refractivity contribution < 1.29 is 13.9 Å². The molecule has 3 aromatic rings. The van der Waals surface area contributed by atoms with Crippen molar-refractivity contribution in [2.75, 3.05) is 24.7 Å². The van der Waals surface area contributed by atoms with Gasteiger partial charge in [0.05, 0.1) is 0 Å². The van der Waals surface area contributed by atoms with Crippen LogP contribution < -0.4 is 4.90 Å². The summed E-state index contributed by atoms with van der Waals surface area (Å²) in [6, 6.07) is 18.7. The normalized spacial score (nSPS) is 17.5. The molecule has 0 atom stereocenters. The first kappa shape index (κ1) is 18.2. The molecule has 1 amide bonds. The van der Waals surface area contributed by atoms with E-state index in [0.29, 0.717) is 12.3 Å². The van der Waals surface area contributed by atoms with E-state index in [1.165, 1.54) is 22.3 Å². The highest BCUT2D eigenvalue weighted by atomic mass is 16.5. The summed E-state index contributed by atoms with van der Waals surface area (Å²) in [7, 11) is 0. The van der Waals surface area contributed by atoms with Crippen molar-refractivity contribution >= 4 is 11.6 Å². The molecule has 0 N–H and O–H groups in total. The first-order chi connectivity index (χ1) is 14.1. The Morgan fingerprint density at radius 2 is 1.66 bits per heavy atom. The zero-order valence-electron chi connectivity index (χ0n) is 16.9. The Bertz CT molecular complexity index is 1060. The maximum Gasteiger partial charge on any atom is 0.294 e. The van der Waals surface area contributed by atoms with E-state index in [1.54, 1.807) is 6.07 Å². The summed E-state index contributed by atoms with van der Waals surface area (Å²) in [5, 5.41) is 0. The average molecular weight is 387 g/mol. The molecule has 0 bridgehead atoms. The molecular formula is C25H25NO3. The van der Waals surface area contributed by atoms with Crippen molar-refractivity contribution in [3.05, 3.63) is 77.2 Å². The van der Waals surface area contributed by atoms with Crippen molar-refractivity contribution in [2.45, 2.75) is 32.1 Å². The highest BCUT2D eigenvalue weighted by Crippen LogP contribution is 2.48. The van der Waals surface area contributed by atoms with E-state index in [1.807, 2.05) is 17.9 Å². The van der Waals surface area contributed by atoms with Gasteiger partial charge in [0, 0.05) is 30.9 Å². The summed E-state index contributed by atoms with van der Waals surface area (Å²) in [4.78, 5) is 15.1. The third-order valence-corrected chi connectivity index (χ3v) is 6.35. The lowest BCUT2D eigenvalue weighted by Crippen LogP contribution is -2.40. The zero-order chi connectivity index (χ0) is 20.0. The molecule has 4 heteroatoms. The van der Waals surface area contributed by atoms with Crippen molar-refractivity contribution in [3.8, 4) is 11.1 Å². The van der Waals surface area contributed by atoms with E-state index in [0.717, 1.165) is 37.5 Å². The van der Waals surface area contributed by atoms with E-state index in [-0.39, 0.29) is 11.3 Å². The Morgan fingerprint density at radius 3 is 2.34 bits per heavy atom. The Hall–Kier alpha value is -2.85. The number of benzene rings is 2.